The summed E-state index contributed by atoms with van der Waals surface area (Å²) in [7, 11) is 0. The molecule has 3 rings (SSSR count). The van der Waals surface area contributed by atoms with E-state index in [0.29, 0.717) is 11.5 Å². The molecule has 20 heavy (non-hydrogen) atoms. The van der Waals surface area contributed by atoms with Crippen molar-refractivity contribution in [2.24, 2.45) is 11.7 Å². The van der Waals surface area contributed by atoms with Gasteiger partial charge in [0.2, 0.25) is 0 Å². The largest absolute Gasteiger partial charge is 0.389 e. The lowest BCUT2D eigenvalue weighted by atomic mass is 9.71. The minimum Gasteiger partial charge on any atom is -0.389 e. The Hall–Kier alpha value is -1.13. The smallest absolute Gasteiger partial charge is 0.129 e. The molecule has 1 aromatic rings. The van der Waals surface area contributed by atoms with Gasteiger partial charge in [-0.2, -0.15) is 0 Å². The normalized spacial score (nSPS) is 30.1. The van der Waals surface area contributed by atoms with Crippen LogP contribution in [0.1, 0.15) is 37.7 Å². The van der Waals surface area contributed by atoms with E-state index in [-0.39, 0.29) is 12.4 Å². The van der Waals surface area contributed by atoms with Crippen molar-refractivity contribution in [2.75, 3.05) is 18.0 Å². The van der Waals surface area contributed by atoms with Crippen molar-refractivity contribution in [1.82, 2.24) is 0 Å². The first-order chi connectivity index (χ1) is 9.64. The molecule has 2 fully saturated rings. The number of aliphatic hydroxyl groups is 1. The van der Waals surface area contributed by atoms with Gasteiger partial charge in [0, 0.05) is 36.8 Å². The molecule has 1 heterocycles. The third-order valence-electron chi connectivity index (χ3n) is 5.07. The van der Waals surface area contributed by atoms with E-state index in [9.17, 15) is 9.50 Å². The van der Waals surface area contributed by atoms with E-state index in [2.05, 4.69) is 4.90 Å². The monoisotopic (exact) mass is 278 g/mol. The number of nitrogens with two attached hydrogens (primary N) is 1. The van der Waals surface area contributed by atoms with Gasteiger partial charge in [-0.25, -0.2) is 4.39 Å². The molecule has 2 atom stereocenters. The predicted molar refractivity (Wildman–Crippen MR) is 78.0 cm³/mol. The van der Waals surface area contributed by atoms with E-state index in [4.69, 9.17) is 5.73 Å². The molecule has 3 N–H and O–H groups in total. The first-order valence-corrected chi connectivity index (χ1v) is 7.59. The van der Waals surface area contributed by atoms with Gasteiger partial charge in [0.25, 0.3) is 0 Å². The molecule has 1 aromatic carbocycles. The number of benzene rings is 1. The fraction of sp³-hybridized carbons (Fsp3) is 0.625. The number of fused-ring (bicyclic) bond motifs is 1. The molecule has 0 spiro atoms. The zero-order valence-electron chi connectivity index (χ0n) is 11.8. The number of nitrogens with zero attached hydrogens (tertiary/aromatic N) is 1. The molecule has 2 aliphatic rings. The highest BCUT2D eigenvalue weighted by atomic mass is 19.1. The number of hydrogen-bond acceptors (Lipinski definition) is 3. The Bertz CT molecular complexity index is 493. The number of halogens is 1. The molecule has 1 aliphatic heterocycles. The van der Waals surface area contributed by atoms with E-state index in [0.717, 1.165) is 44.5 Å². The van der Waals surface area contributed by atoms with E-state index in [1.165, 1.54) is 12.5 Å². The maximum atomic E-state index is 13.9. The molecule has 2 unspecified atom stereocenters. The van der Waals surface area contributed by atoms with Crippen molar-refractivity contribution < 1.29 is 9.50 Å². The van der Waals surface area contributed by atoms with Crippen LogP contribution in [0, 0.1) is 11.7 Å². The standard InChI is InChI=1S/C16H23FN2O/c17-14-5-3-6-15(13(14)10-18)19-9-8-16(20)7-2-1-4-12(16)11-19/h3,5-6,12,20H,1-2,4,7-11,18H2. The van der Waals surface area contributed by atoms with E-state index < -0.39 is 5.60 Å². The molecule has 1 saturated heterocycles. The Kier molecular flexibility index (Phi) is 3.69. The summed E-state index contributed by atoms with van der Waals surface area (Å²) in [6, 6.07) is 5.15. The lowest BCUT2D eigenvalue weighted by molar-refractivity contribution is -0.0612. The number of rotatable bonds is 2. The molecule has 4 heteroatoms. The second-order valence-corrected chi connectivity index (χ2v) is 6.18. The van der Waals surface area contributed by atoms with Gasteiger partial charge < -0.3 is 15.7 Å². The molecule has 1 aliphatic carbocycles. The van der Waals surface area contributed by atoms with Crippen molar-refractivity contribution in [2.45, 2.75) is 44.2 Å². The number of anilines is 1. The van der Waals surface area contributed by atoms with Gasteiger partial charge in [-0.1, -0.05) is 18.9 Å². The highest BCUT2D eigenvalue weighted by molar-refractivity contribution is 5.54. The Labute approximate surface area is 119 Å². The first kappa shape index (κ1) is 13.8. The van der Waals surface area contributed by atoms with Crippen LogP contribution in [0.2, 0.25) is 0 Å². The van der Waals surface area contributed by atoms with Gasteiger partial charge in [0.1, 0.15) is 5.82 Å². The Balaban J connectivity index is 1.84. The lowest BCUT2D eigenvalue weighted by Crippen LogP contribution is -2.53. The van der Waals surface area contributed by atoms with Gasteiger partial charge in [-0.3, -0.25) is 0 Å². The first-order valence-electron chi connectivity index (χ1n) is 7.59. The average Bonchev–Trinajstić information content (AvgIpc) is 2.46. The second kappa shape index (κ2) is 5.34. The van der Waals surface area contributed by atoms with Crippen LogP contribution in [-0.2, 0) is 6.54 Å². The lowest BCUT2D eigenvalue weighted by Gasteiger charge is -2.48. The van der Waals surface area contributed by atoms with Crippen molar-refractivity contribution in [3.8, 4) is 0 Å². The molecule has 0 bridgehead atoms. The minimum atomic E-state index is -0.495. The zero-order chi connectivity index (χ0) is 14.2. The van der Waals surface area contributed by atoms with Crippen molar-refractivity contribution in [1.29, 1.82) is 0 Å². The van der Waals surface area contributed by atoms with Crippen LogP contribution in [0.4, 0.5) is 10.1 Å². The van der Waals surface area contributed by atoms with Crippen molar-refractivity contribution in [3.63, 3.8) is 0 Å². The van der Waals surface area contributed by atoms with Crippen molar-refractivity contribution >= 4 is 5.69 Å². The molecule has 3 nitrogen and oxygen atoms in total. The van der Waals surface area contributed by atoms with Crippen LogP contribution in [0.25, 0.3) is 0 Å². The summed E-state index contributed by atoms with van der Waals surface area (Å²) < 4.78 is 13.9. The third kappa shape index (κ3) is 2.31. The molecular formula is C16H23FN2O. The minimum absolute atomic E-state index is 0.216. The van der Waals surface area contributed by atoms with E-state index in [1.807, 2.05) is 6.07 Å². The van der Waals surface area contributed by atoms with Gasteiger partial charge >= 0.3 is 0 Å². The molecule has 0 aromatic heterocycles. The Morgan fingerprint density at radius 1 is 1.35 bits per heavy atom. The highest BCUT2D eigenvalue weighted by Gasteiger charge is 2.43. The fourth-order valence-electron chi connectivity index (χ4n) is 3.84. The summed E-state index contributed by atoms with van der Waals surface area (Å²) in [5.74, 6) is 0.0772. The van der Waals surface area contributed by atoms with Crippen LogP contribution < -0.4 is 10.6 Å². The maximum Gasteiger partial charge on any atom is 0.129 e. The van der Waals surface area contributed by atoms with Gasteiger partial charge in [-0.05, 0) is 31.4 Å². The van der Waals surface area contributed by atoms with Crippen LogP contribution in [-0.4, -0.2) is 23.8 Å². The van der Waals surface area contributed by atoms with Crippen molar-refractivity contribution in [3.05, 3.63) is 29.6 Å². The number of hydrogen-bond donors (Lipinski definition) is 2. The van der Waals surface area contributed by atoms with Crippen LogP contribution in [0.5, 0.6) is 0 Å². The molecular weight excluding hydrogens is 255 g/mol. The summed E-state index contributed by atoms with van der Waals surface area (Å²) >= 11 is 0. The Morgan fingerprint density at radius 2 is 2.20 bits per heavy atom. The molecule has 110 valence electrons. The van der Waals surface area contributed by atoms with Gasteiger partial charge in [0.15, 0.2) is 0 Å². The molecule has 1 saturated carbocycles. The summed E-state index contributed by atoms with van der Waals surface area (Å²) in [6.45, 7) is 1.81. The second-order valence-electron chi connectivity index (χ2n) is 6.18. The van der Waals surface area contributed by atoms with Gasteiger partial charge in [-0.15, -0.1) is 0 Å². The third-order valence-corrected chi connectivity index (χ3v) is 5.07. The summed E-state index contributed by atoms with van der Waals surface area (Å²) in [5, 5.41) is 10.7. The zero-order valence-corrected chi connectivity index (χ0v) is 11.8. The van der Waals surface area contributed by atoms with E-state index in [1.54, 1.807) is 6.07 Å². The Morgan fingerprint density at radius 3 is 3.00 bits per heavy atom. The highest BCUT2D eigenvalue weighted by Crippen LogP contribution is 2.41. The topological polar surface area (TPSA) is 49.5 Å². The summed E-state index contributed by atoms with van der Waals surface area (Å²) in [6.07, 6.45) is 5.07. The van der Waals surface area contributed by atoms with Crippen LogP contribution in [0.3, 0.4) is 0 Å². The predicted octanol–water partition coefficient (Wildman–Crippen LogP) is 2.42. The number of piperidine rings is 1. The molecule has 0 radical (unpaired) electrons. The quantitative estimate of drug-likeness (QED) is 0.873. The summed E-state index contributed by atoms with van der Waals surface area (Å²) in [5.41, 5.74) is 6.70. The van der Waals surface area contributed by atoms with Crippen LogP contribution >= 0.6 is 0 Å². The molecule has 0 amide bonds. The maximum absolute atomic E-state index is 13.9. The van der Waals surface area contributed by atoms with Gasteiger partial charge in [0.05, 0.1) is 5.60 Å². The van der Waals surface area contributed by atoms with Crippen LogP contribution in [0.15, 0.2) is 18.2 Å². The SMILES string of the molecule is NCc1c(F)cccc1N1CCC2(O)CCCCC2C1. The average molecular weight is 278 g/mol. The van der Waals surface area contributed by atoms with E-state index >= 15 is 0 Å². The summed E-state index contributed by atoms with van der Waals surface area (Å²) in [4.78, 5) is 2.20. The fourth-order valence-corrected chi connectivity index (χ4v) is 3.84.